The van der Waals surface area contributed by atoms with Crippen molar-refractivity contribution in [2.24, 2.45) is 0 Å². The van der Waals surface area contributed by atoms with E-state index >= 15 is 0 Å². The first-order chi connectivity index (χ1) is 12.0. The van der Waals surface area contributed by atoms with Gasteiger partial charge >= 0.3 is 6.09 Å². The van der Waals surface area contributed by atoms with Crippen LogP contribution >= 0.6 is 11.8 Å². The lowest BCUT2D eigenvalue weighted by molar-refractivity contribution is 0.187. The summed E-state index contributed by atoms with van der Waals surface area (Å²) in [5.74, 6) is 0.404. The third-order valence-electron chi connectivity index (χ3n) is 3.13. The Morgan fingerprint density at radius 1 is 1.20 bits per heavy atom. The highest BCUT2D eigenvalue weighted by Crippen LogP contribution is 2.29. The van der Waals surface area contributed by atoms with Gasteiger partial charge in [0.25, 0.3) is 11.3 Å². The van der Waals surface area contributed by atoms with Crippen LogP contribution in [0.4, 0.5) is 16.3 Å². The van der Waals surface area contributed by atoms with Crippen LogP contribution in [0.25, 0.3) is 5.65 Å². The molecular weight excluding hydrogens is 364 g/mol. The normalized spacial score (nSPS) is 11.9. The number of hydrogen-bond donors (Lipinski definition) is 3. The molecule has 8 nitrogen and oxygen atoms in total. The summed E-state index contributed by atoms with van der Waals surface area (Å²) in [5.41, 5.74) is 1.26. The maximum atomic E-state index is 11.2. The standard InChI is InChI=1S/C15H14N4O4S2/c1-23-15(20)17-13-9-19-8-12(6-7-14(19)16-13)24-11-4-2-10(3-5-11)18-25(21)22/h2-9,18H,1H3,(H,17,20)(H,21,22). The molecule has 2 heterocycles. The smallest absolute Gasteiger partial charge is 0.412 e. The molecule has 1 atom stereocenters. The number of nitrogens with one attached hydrogen (secondary N) is 2. The highest BCUT2D eigenvalue weighted by atomic mass is 32.2. The lowest BCUT2D eigenvalue weighted by Gasteiger charge is -2.05. The Morgan fingerprint density at radius 2 is 1.92 bits per heavy atom. The van der Waals surface area contributed by atoms with E-state index in [0.717, 1.165) is 9.79 Å². The van der Waals surface area contributed by atoms with Gasteiger partial charge in [0.1, 0.15) is 5.65 Å². The second-order valence-corrected chi connectivity index (χ2v) is 6.70. The van der Waals surface area contributed by atoms with Gasteiger partial charge < -0.3 is 9.14 Å². The van der Waals surface area contributed by atoms with Crippen LogP contribution < -0.4 is 10.0 Å². The van der Waals surface area contributed by atoms with Crippen LogP contribution in [0.1, 0.15) is 0 Å². The predicted molar refractivity (Wildman–Crippen MR) is 96.2 cm³/mol. The molecule has 0 bridgehead atoms. The topological polar surface area (TPSA) is 105 Å². The summed E-state index contributed by atoms with van der Waals surface area (Å²) in [6.45, 7) is 0. The molecule has 0 aliphatic rings. The van der Waals surface area contributed by atoms with Crippen molar-refractivity contribution in [2.75, 3.05) is 17.1 Å². The van der Waals surface area contributed by atoms with Crippen LogP contribution in [0.5, 0.6) is 0 Å². The molecule has 3 aromatic rings. The Bertz CT molecular complexity index is 927. The molecule has 10 heteroatoms. The van der Waals surface area contributed by atoms with Crippen molar-refractivity contribution < 1.29 is 18.3 Å². The number of imidazole rings is 1. The molecule has 3 N–H and O–H groups in total. The minimum absolute atomic E-state index is 0.404. The fourth-order valence-electron chi connectivity index (χ4n) is 2.08. The Morgan fingerprint density at radius 3 is 2.60 bits per heavy atom. The minimum Gasteiger partial charge on any atom is -0.453 e. The molecule has 0 spiro atoms. The number of ether oxygens (including phenoxy) is 1. The predicted octanol–water partition coefficient (Wildman–Crippen LogP) is 3.21. The van der Waals surface area contributed by atoms with Crippen molar-refractivity contribution in [3.63, 3.8) is 0 Å². The number of hydrogen-bond acceptors (Lipinski definition) is 5. The number of pyridine rings is 1. The van der Waals surface area contributed by atoms with E-state index in [1.807, 2.05) is 30.5 Å². The van der Waals surface area contributed by atoms with Gasteiger partial charge in [-0.3, -0.25) is 14.6 Å². The zero-order valence-electron chi connectivity index (χ0n) is 13.0. The van der Waals surface area contributed by atoms with Crippen LogP contribution in [-0.4, -0.2) is 31.3 Å². The van der Waals surface area contributed by atoms with E-state index in [4.69, 9.17) is 4.55 Å². The molecular formula is C15H14N4O4S2. The van der Waals surface area contributed by atoms with Gasteiger partial charge in [-0.15, -0.1) is 0 Å². The van der Waals surface area contributed by atoms with E-state index in [1.54, 1.807) is 22.7 Å². The van der Waals surface area contributed by atoms with Gasteiger partial charge in [0.05, 0.1) is 13.3 Å². The van der Waals surface area contributed by atoms with Crippen LogP contribution in [0.15, 0.2) is 58.6 Å². The number of aromatic nitrogens is 2. The fourth-order valence-corrected chi connectivity index (χ4v) is 3.26. The van der Waals surface area contributed by atoms with E-state index in [1.165, 1.54) is 18.9 Å². The number of fused-ring (bicyclic) bond motifs is 1. The van der Waals surface area contributed by atoms with Crippen molar-refractivity contribution in [2.45, 2.75) is 9.79 Å². The molecule has 130 valence electrons. The van der Waals surface area contributed by atoms with Gasteiger partial charge in [0, 0.05) is 21.7 Å². The number of amides is 1. The molecule has 0 saturated carbocycles. The van der Waals surface area contributed by atoms with Crippen molar-refractivity contribution >= 4 is 46.3 Å². The molecule has 2 aromatic heterocycles. The van der Waals surface area contributed by atoms with Gasteiger partial charge in [-0.1, -0.05) is 11.8 Å². The summed E-state index contributed by atoms with van der Waals surface area (Å²) in [5, 5.41) is 2.52. The maximum absolute atomic E-state index is 11.2. The van der Waals surface area contributed by atoms with Crippen molar-refractivity contribution in [3.05, 3.63) is 48.8 Å². The number of rotatable bonds is 5. The molecule has 25 heavy (non-hydrogen) atoms. The number of anilines is 2. The number of carbonyl (C=O) groups excluding carboxylic acids is 1. The quantitative estimate of drug-likeness (QED) is 0.589. The third kappa shape index (κ3) is 4.50. The molecule has 3 rings (SSSR count). The van der Waals surface area contributed by atoms with E-state index in [2.05, 4.69) is 19.8 Å². The second kappa shape index (κ2) is 7.55. The van der Waals surface area contributed by atoms with Crippen LogP contribution in [0, 0.1) is 0 Å². The lowest BCUT2D eigenvalue weighted by atomic mass is 10.3. The first-order valence-corrected chi connectivity index (χ1v) is 8.95. The van der Waals surface area contributed by atoms with Gasteiger partial charge in [0.15, 0.2) is 5.82 Å². The largest absolute Gasteiger partial charge is 0.453 e. The summed E-state index contributed by atoms with van der Waals surface area (Å²) in [7, 11) is 1.29. The summed E-state index contributed by atoms with van der Waals surface area (Å²) in [6.07, 6.45) is 3.01. The SMILES string of the molecule is COC(=O)Nc1cn2cc(Sc3ccc(NS(=O)O)cc3)ccc2n1. The third-order valence-corrected chi connectivity index (χ3v) is 4.53. The Balaban J connectivity index is 1.75. The molecule has 1 unspecified atom stereocenters. The van der Waals surface area contributed by atoms with Gasteiger partial charge in [-0.2, -0.15) is 0 Å². The first kappa shape index (κ1) is 17.3. The zero-order chi connectivity index (χ0) is 17.8. The van der Waals surface area contributed by atoms with E-state index in [-0.39, 0.29) is 0 Å². The fraction of sp³-hybridized carbons (Fsp3) is 0.0667. The zero-order valence-corrected chi connectivity index (χ0v) is 14.6. The summed E-state index contributed by atoms with van der Waals surface area (Å²) >= 11 is -0.555. The highest BCUT2D eigenvalue weighted by Gasteiger charge is 2.07. The van der Waals surface area contributed by atoms with Crippen LogP contribution in [0.2, 0.25) is 0 Å². The Kier molecular flexibility index (Phi) is 5.22. The molecule has 0 aliphatic carbocycles. The first-order valence-electron chi connectivity index (χ1n) is 7.02. The second-order valence-electron chi connectivity index (χ2n) is 4.85. The minimum atomic E-state index is -2.09. The summed E-state index contributed by atoms with van der Waals surface area (Å²) < 4.78 is 28.3. The molecule has 0 fully saturated rings. The van der Waals surface area contributed by atoms with Crippen LogP contribution in [0.3, 0.4) is 0 Å². The molecule has 1 amide bonds. The Labute approximate surface area is 150 Å². The maximum Gasteiger partial charge on any atom is 0.412 e. The molecule has 0 radical (unpaired) electrons. The number of methoxy groups -OCH3 is 1. The van der Waals surface area contributed by atoms with Crippen molar-refractivity contribution in [1.29, 1.82) is 0 Å². The average molecular weight is 378 g/mol. The number of carbonyl (C=O) groups is 1. The molecule has 1 aromatic carbocycles. The van der Waals surface area contributed by atoms with Crippen molar-refractivity contribution in [3.8, 4) is 0 Å². The number of benzene rings is 1. The molecule has 0 aliphatic heterocycles. The van der Waals surface area contributed by atoms with E-state index in [0.29, 0.717) is 17.2 Å². The van der Waals surface area contributed by atoms with E-state index < -0.39 is 17.4 Å². The molecule has 0 saturated heterocycles. The van der Waals surface area contributed by atoms with Gasteiger partial charge in [-0.05, 0) is 36.4 Å². The van der Waals surface area contributed by atoms with E-state index in [9.17, 15) is 9.00 Å². The highest BCUT2D eigenvalue weighted by molar-refractivity contribution is 7.99. The van der Waals surface area contributed by atoms with Gasteiger partial charge in [0.2, 0.25) is 0 Å². The Hall–Kier alpha value is -2.56. The number of nitrogens with zero attached hydrogens (tertiary/aromatic N) is 2. The lowest BCUT2D eigenvalue weighted by Crippen LogP contribution is -2.10. The summed E-state index contributed by atoms with van der Waals surface area (Å²) in [6, 6.07) is 10.9. The average Bonchev–Trinajstić information content (AvgIpc) is 2.97. The summed E-state index contributed by atoms with van der Waals surface area (Å²) in [4.78, 5) is 17.4. The van der Waals surface area contributed by atoms with Crippen molar-refractivity contribution in [1.82, 2.24) is 9.38 Å². The van der Waals surface area contributed by atoms with Gasteiger partial charge in [-0.25, -0.2) is 14.0 Å². The monoisotopic (exact) mass is 378 g/mol. The van der Waals surface area contributed by atoms with Crippen LogP contribution in [-0.2, 0) is 16.0 Å².